The number of aliphatic imine (C=N–C) groups is 1. The van der Waals surface area contributed by atoms with Gasteiger partial charge in [0, 0.05) is 16.7 Å². The van der Waals surface area contributed by atoms with Crippen molar-refractivity contribution < 1.29 is 17.6 Å². The number of hydrogen-bond donors (Lipinski definition) is 1. The molecule has 4 rings (SSSR count). The summed E-state index contributed by atoms with van der Waals surface area (Å²) in [7, 11) is 0. The van der Waals surface area contributed by atoms with Crippen molar-refractivity contribution in [2.75, 3.05) is 0 Å². The van der Waals surface area contributed by atoms with E-state index in [0.717, 1.165) is 12.1 Å². The second kappa shape index (κ2) is 6.92. The summed E-state index contributed by atoms with van der Waals surface area (Å²) in [5.74, 6) is 0.0432. The molecule has 0 aromatic heterocycles. The maximum Gasteiger partial charge on any atom is 0.416 e. The van der Waals surface area contributed by atoms with Crippen LogP contribution in [0.4, 0.5) is 23.2 Å². The summed E-state index contributed by atoms with van der Waals surface area (Å²) in [4.78, 5) is 4.56. The van der Waals surface area contributed by atoms with Gasteiger partial charge in [-0.2, -0.15) is 18.3 Å². The number of benzene rings is 3. The Morgan fingerprint density at radius 3 is 2.07 bits per heavy atom. The highest BCUT2D eigenvalue weighted by molar-refractivity contribution is 6.17. The van der Waals surface area contributed by atoms with Crippen LogP contribution in [-0.2, 0) is 6.18 Å². The minimum absolute atomic E-state index is 0.368. The molecule has 0 saturated heterocycles. The monoisotopic (exact) mass is 383 g/mol. The number of alkyl halides is 3. The lowest BCUT2D eigenvalue weighted by Gasteiger charge is -2.10. The van der Waals surface area contributed by atoms with Crippen molar-refractivity contribution in [2.24, 2.45) is 10.1 Å². The fraction of sp³-hybridized carbons (Fsp3) is 0.0476. The number of fused-ring (bicyclic) bond motifs is 1. The van der Waals surface area contributed by atoms with Crippen LogP contribution in [-0.4, -0.2) is 11.5 Å². The standard InChI is InChI=1S/C21H13F4N3/c22-16-11-7-14(8-12-16)20-26-18-4-2-1-3-17(18)19(27-28-20)13-5-9-15(10-6-13)21(23,24)25/h1-12H,(H,26,28). The summed E-state index contributed by atoms with van der Waals surface area (Å²) in [5.41, 5.74) is 5.01. The molecule has 0 aliphatic carbocycles. The maximum absolute atomic E-state index is 13.2. The molecule has 1 aliphatic heterocycles. The normalized spacial score (nSPS) is 13.7. The molecule has 1 aliphatic rings. The lowest BCUT2D eigenvalue weighted by molar-refractivity contribution is -0.137. The zero-order valence-electron chi connectivity index (χ0n) is 14.3. The van der Waals surface area contributed by atoms with Crippen LogP contribution in [0.15, 0.2) is 82.9 Å². The fourth-order valence-electron chi connectivity index (χ4n) is 2.86. The highest BCUT2D eigenvalue weighted by Gasteiger charge is 2.30. The molecule has 0 unspecified atom stereocenters. The molecule has 0 spiro atoms. The first-order valence-electron chi connectivity index (χ1n) is 8.37. The predicted octanol–water partition coefficient (Wildman–Crippen LogP) is 5.28. The lowest BCUT2D eigenvalue weighted by atomic mass is 9.99. The van der Waals surface area contributed by atoms with E-state index in [1.807, 2.05) is 0 Å². The van der Waals surface area contributed by atoms with E-state index < -0.39 is 11.7 Å². The van der Waals surface area contributed by atoms with E-state index >= 15 is 0 Å². The van der Waals surface area contributed by atoms with Gasteiger partial charge in [0.15, 0.2) is 5.84 Å². The van der Waals surface area contributed by atoms with Gasteiger partial charge in [0.05, 0.1) is 17.0 Å². The van der Waals surface area contributed by atoms with Crippen LogP contribution in [0, 0.1) is 5.82 Å². The summed E-state index contributed by atoms with van der Waals surface area (Å²) in [5, 5.41) is 4.37. The van der Waals surface area contributed by atoms with Crippen molar-refractivity contribution in [3.8, 4) is 0 Å². The molecule has 0 atom stereocenters. The van der Waals surface area contributed by atoms with E-state index in [-0.39, 0.29) is 5.82 Å². The third-order valence-electron chi connectivity index (χ3n) is 4.27. The summed E-state index contributed by atoms with van der Waals surface area (Å²) in [6.07, 6.45) is -4.40. The number of halogens is 4. The first-order valence-corrected chi connectivity index (χ1v) is 8.37. The molecular weight excluding hydrogens is 370 g/mol. The molecular formula is C21H13F4N3. The zero-order valence-corrected chi connectivity index (χ0v) is 14.3. The third kappa shape index (κ3) is 3.51. The molecule has 0 saturated carbocycles. The van der Waals surface area contributed by atoms with Gasteiger partial charge in [-0.15, -0.1) is 0 Å². The Labute approximate surface area is 158 Å². The highest BCUT2D eigenvalue weighted by atomic mass is 19.4. The Bertz CT molecular complexity index is 1070. The second-order valence-corrected chi connectivity index (χ2v) is 6.13. The third-order valence-corrected chi connectivity index (χ3v) is 4.27. The summed E-state index contributed by atoms with van der Waals surface area (Å²) < 4.78 is 51.7. The predicted molar refractivity (Wildman–Crippen MR) is 99.3 cm³/mol. The van der Waals surface area contributed by atoms with Gasteiger partial charge >= 0.3 is 6.18 Å². The molecule has 140 valence electrons. The number of para-hydroxylation sites is 1. The number of nitrogens with one attached hydrogen (secondary N) is 1. The van der Waals surface area contributed by atoms with Crippen LogP contribution in [0.1, 0.15) is 22.3 Å². The van der Waals surface area contributed by atoms with E-state index in [1.165, 1.54) is 24.3 Å². The molecule has 1 N–H and O–H groups in total. The number of hydrazone groups is 1. The molecule has 0 radical (unpaired) electrons. The van der Waals surface area contributed by atoms with E-state index in [9.17, 15) is 17.6 Å². The van der Waals surface area contributed by atoms with Crippen LogP contribution in [0.2, 0.25) is 0 Å². The zero-order chi connectivity index (χ0) is 19.7. The SMILES string of the molecule is Fc1ccc(C2=Nc3ccccc3C(c3ccc(C(F)(F)F)cc3)=NN2)cc1. The highest BCUT2D eigenvalue weighted by Crippen LogP contribution is 2.30. The molecule has 0 bridgehead atoms. The van der Waals surface area contributed by atoms with E-state index in [4.69, 9.17) is 0 Å². The average molecular weight is 383 g/mol. The number of amidine groups is 1. The van der Waals surface area contributed by atoms with Crippen LogP contribution in [0.25, 0.3) is 0 Å². The average Bonchev–Trinajstić information content (AvgIpc) is 2.88. The lowest BCUT2D eigenvalue weighted by Crippen LogP contribution is -2.19. The summed E-state index contributed by atoms with van der Waals surface area (Å²) >= 11 is 0. The Morgan fingerprint density at radius 2 is 1.39 bits per heavy atom. The maximum atomic E-state index is 13.2. The molecule has 0 fully saturated rings. The number of nitrogens with zero attached hydrogens (tertiary/aromatic N) is 2. The Hall–Kier alpha value is -3.48. The van der Waals surface area contributed by atoms with E-state index in [2.05, 4.69) is 15.5 Å². The van der Waals surface area contributed by atoms with Gasteiger partial charge in [-0.05, 0) is 42.5 Å². The molecule has 1 heterocycles. The fourth-order valence-corrected chi connectivity index (χ4v) is 2.86. The molecule has 28 heavy (non-hydrogen) atoms. The summed E-state index contributed by atoms with van der Waals surface area (Å²) in [6, 6.07) is 17.8. The van der Waals surface area contributed by atoms with Crippen molar-refractivity contribution in [3.05, 3.63) is 101 Å². The topological polar surface area (TPSA) is 36.8 Å². The van der Waals surface area contributed by atoms with Crippen molar-refractivity contribution >= 4 is 17.2 Å². The van der Waals surface area contributed by atoms with E-state index in [0.29, 0.717) is 33.9 Å². The van der Waals surface area contributed by atoms with Crippen molar-refractivity contribution in [3.63, 3.8) is 0 Å². The van der Waals surface area contributed by atoms with Gasteiger partial charge in [0.2, 0.25) is 0 Å². The van der Waals surface area contributed by atoms with Crippen LogP contribution in [0.3, 0.4) is 0 Å². The second-order valence-electron chi connectivity index (χ2n) is 6.13. The molecule has 3 nitrogen and oxygen atoms in total. The van der Waals surface area contributed by atoms with Crippen molar-refractivity contribution in [1.29, 1.82) is 0 Å². The number of hydrogen-bond acceptors (Lipinski definition) is 3. The van der Waals surface area contributed by atoms with Gasteiger partial charge in [-0.25, -0.2) is 9.38 Å². The number of rotatable bonds is 2. The first-order chi connectivity index (χ1) is 13.4. The van der Waals surface area contributed by atoms with Crippen LogP contribution in [0.5, 0.6) is 0 Å². The van der Waals surface area contributed by atoms with Gasteiger partial charge < -0.3 is 0 Å². The molecule has 7 heteroatoms. The quantitative estimate of drug-likeness (QED) is 0.601. The molecule has 3 aromatic carbocycles. The van der Waals surface area contributed by atoms with Gasteiger partial charge in [0.25, 0.3) is 0 Å². The van der Waals surface area contributed by atoms with Gasteiger partial charge in [-0.3, -0.25) is 5.43 Å². The Balaban J connectivity index is 1.77. The van der Waals surface area contributed by atoms with Crippen LogP contribution >= 0.6 is 0 Å². The van der Waals surface area contributed by atoms with Crippen LogP contribution < -0.4 is 5.43 Å². The first kappa shape index (κ1) is 17.9. The smallest absolute Gasteiger partial charge is 0.260 e. The molecule has 0 amide bonds. The Kier molecular flexibility index (Phi) is 4.43. The largest absolute Gasteiger partial charge is 0.416 e. The Morgan fingerprint density at radius 1 is 0.750 bits per heavy atom. The van der Waals surface area contributed by atoms with Gasteiger partial charge in [-0.1, -0.05) is 30.3 Å². The van der Waals surface area contributed by atoms with Crippen molar-refractivity contribution in [1.82, 2.24) is 5.43 Å². The minimum atomic E-state index is -4.40. The van der Waals surface area contributed by atoms with E-state index in [1.54, 1.807) is 36.4 Å². The summed E-state index contributed by atoms with van der Waals surface area (Å²) in [6.45, 7) is 0. The molecule has 3 aromatic rings. The van der Waals surface area contributed by atoms with Gasteiger partial charge in [0.1, 0.15) is 5.82 Å². The minimum Gasteiger partial charge on any atom is -0.260 e. The van der Waals surface area contributed by atoms with Crippen molar-refractivity contribution in [2.45, 2.75) is 6.18 Å².